The van der Waals surface area contributed by atoms with E-state index in [0.29, 0.717) is 12.0 Å². The van der Waals surface area contributed by atoms with E-state index in [-0.39, 0.29) is 11.9 Å². The van der Waals surface area contributed by atoms with Gasteiger partial charge in [-0.1, -0.05) is 56.0 Å². The average molecular weight is 329 g/mol. The van der Waals surface area contributed by atoms with Crippen molar-refractivity contribution >= 4 is 5.91 Å². The van der Waals surface area contributed by atoms with Gasteiger partial charge >= 0.3 is 0 Å². The molecule has 2 aliphatic rings. The van der Waals surface area contributed by atoms with Crippen molar-refractivity contribution in [3.63, 3.8) is 0 Å². The van der Waals surface area contributed by atoms with Crippen LogP contribution in [-0.2, 0) is 4.79 Å². The van der Waals surface area contributed by atoms with Gasteiger partial charge in [-0.3, -0.25) is 9.69 Å². The maximum atomic E-state index is 13.1. The van der Waals surface area contributed by atoms with Crippen molar-refractivity contribution in [3.8, 4) is 0 Å². The summed E-state index contributed by atoms with van der Waals surface area (Å²) in [6, 6.07) is 8.78. The summed E-state index contributed by atoms with van der Waals surface area (Å²) in [7, 11) is 0. The van der Waals surface area contributed by atoms with Crippen LogP contribution in [0.5, 0.6) is 0 Å². The Morgan fingerprint density at radius 2 is 1.79 bits per heavy atom. The van der Waals surface area contributed by atoms with E-state index >= 15 is 0 Å². The quantitative estimate of drug-likeness (QED) is 0.897. The number of aryl methyl sites for hydroxylation is 1. The van der Waals surface area contributed by atoms with Gasteiger partial charge in [-0.15, -0.1) is 0 Å². The molecule has 1 aromatic rings. The largest absolute Gasteiger partial charge is 0.352 e. The molecule has 1 heterocycles. The van der Waals surface area contributed by atoms with E-state index in [1.54, 1.807) is 0 Å². The van der Waals surface area contributed by atoms with Gasteiger partial charge in [-0.25, -0.2) is 0 Å². The van der Waals surface area contributed by atoms with E-state index < -0.39 is 0 Å². The Kier molecular flexibility index (Phi) is 5.94. The van der Waals surface area contributed by atoms with Crippen LogP contribution < -0.4 is 5.32 Å². The van der Waals surface area contributed by atoms with E-state index in [1.165, 1.54) is 37.7 Å². The Morgan fingerprint density at radius 3 is 2.46 bits per heavy atom. The van der Waals surface area contributed by atoms with Gasteiger partial charge in [-0.2, -0.15) is 0 Å². The molecule has 0 unspecified atom stereocenters. The molecule has 0 spiro atoms. The molecule has 1 aliphatic carbocycles. The van der Waals surface area contributed by atoms with E-state index in [4.69, 9.17) is 0 Å². The Hall–Kier alpha value is -1.35. The zero-order chi connectivity index (χ0) is 16.9. The maximum Gasteiger partial charge on any atom is 0.242 e. The van der Waals surface area contributed by atoms with Crippen molar-refractivity contribution < 1.29 is 4.79 Å². The first kappa shape index (κ1) is 17.5. The number of nitrogens with zero attached hydrogens (tertiary/aromatic N) is 1. The highest BCUT2D eigenvalue weighted by molar-refractivity contribution is 5.83. The SMILES string of the molecule is Cc1ccc([C@@H](C(=O)NC2CCCCC2)N2CCC[C@H](C)C2)cc1. The molecule has 0 radical (unpaired) electrons. The molecule has 3 nitrogen and oxygen atoms in total. The van der Waals surface area contributed by atoms with Gasteiger partial charge in [0.05, 0.1) is 0 Å². The van der Waals surface area contributed by atoms with Gasteiger partial charge in [0, 0.05) is 12.6 Å². The zero-order valence-electron chi connectivity index (χ0n) is 15.3. The summed E-state index contributed by atoms with van der Waals surface area (Å²) >= 11 is 0. The molecular weight excluding hydrogens is 296 g/mol. The van der Waals surface area contributed by atoms with Crippen molar-refractivity contribution in [2.24, 2.45) is 5.92 Å². The van der Waals surface area contributed by atoms with Gasteiger partial charge in [-0.05, 0) is 50.6 Å². The molecular formula is C21H32N2O. The van der Waals surface area contributed by atoms with E-state index in [0.717, 1.165) is 31.5 Å². The highest BCUT2D eigenvalue weighted by Crippen LogP contribution is 2.28. The molecule has 0 aromatic heterocycles. The van der Waals surface area contributed by atoms with Crippen LogP contribution in [0.15, 0.2) is 24.3 Å². The lowest BCUT2D eigenvalue weighted by Gasteiger charge is -2.37. The number of carbonyl (C=O) groups excluding carboxylic acids is 1. The minimum Gasteiger partial charge on any atom is -0.352 e. The number of hydrogen-bond acceptors (Lipinski definition) is 2. The summed E-state index contributed by atoms with van der Waals surface area (Å²) < 4.78 is 0. The smallest absolute Gasteiger partial charge is 0.242 e. The van der Waals surface area contributed by atoms with Crippen LogP contribution in [0.4, 0.5) is 0 Å². The maximum absolute atomic E-state index is 13.1. The lowest BCUT2D eigenvalue weighted by atomic mass is 9.93. The number of likely N-dealkylation sites (tertiary alicyclic amines) is 1. The number of benzene rings is 1. The summed E-state index contributed by atoms with van der Waals surface area (Å²) in [5, 5.41) is 3.36. The summed E-state index contributed by atoms with van der Waals surface area (Å²) in [5.74, 6) is 0.883. The monoisotopic (exact) mass is 328 g/mol. The van der Waals surface area contributed by atoms with Crippen LogP contribution >= 0.6 is 0 Å². The highest BCUT2D eigenvalue weighted by Gasteiger charge is 2.31. The van der Waals surface area contributed by atoms with Crippen LogP contribution in [0.25, 0.3) is 0 Å². The first-order chi connectivity index (χ1) is 11.6. The molecule has 1 saturated carbocycles. The molecule has 1 aromatic carbocycles. The Bertz CT molecular complexity index is 533. The Morgan fingerprint density at radius 1 is 1.08 bits per heavy atom. The normalized spacial score (nSPS) is 24.5. The molecule has 1 amide bonds. The van der Waals surface area contributed by atoms with Crippen LogP contribution in [0, 0.1) is 12.8 Å². The predicted octanol–water partition coefficient (Wildman–Crippen LogP) is 4.22. The molecule has 0 bridgehead atoms. The molecule has 132 valence electrons. The number of rotatable bonds is 4. The topological polar surface area (TPSA) is 32.3 Å². The Balaban J connectivity index is 1.77. The van der Waals surface area contributed by atoms with Crippen molar-refractivity contribution in [2.45, 2.75) is 70.9 Å². The van der Waals surface area contributed by atoms with E-state index in [2.05, 4.69) is 48.3 Å². The second-order valence-corrected chi connectivity index (χ2v) is 7.90. The molecule has 3 heteroatoms. The summed E-state index contributed by atoms with van der Waals surface area (Å²) in [4.78, 5) is 15.5. The minimum atomic E-state index is -0.129. The van der Waals surface area contributed by atoms with Gasteiger partial charge < -0.3 is 5.32 Å². The highest BCUT2D eigenvalue weighted by atomic mass is 16.2. The molecule has 1 N–H and O–H groups in total. The molecule has 1 aliphatic heterocycles. The standard InChI is InChI=1S/C21H32N2O/c1-16-10-12-18(13-11-16)20(23-14-6-7-17(2)15-23)21(24)22-19-8-4-3-5-9-19/h10-13,17,19-20H,3-9,14-15H2,1-2H3,(H,22,24)/t17-,20-/m0/s1. The summed E-state index contributed by atoms with van der Waals surface area (Å²) in [6.07, 6.45) is 8.58. The first-order valence-electron chi connectivity index (χ1n) is 9.74. The second kappa shape index (κ2) is 8.15. The summed E-state index contributed by atoms with van der Waals surface area (Å²) in [6.45, 7) is 6.46. The lowest BCUT2D eigenvalue weighted by molar-refractivity contribution is -0.128. The number of hydrogen-bond donors (Lipinski definition) is 1. The molecule has 24 heavy (non-hydrogen) atoms. The molecule has 3 rings (SSSR count). The van der Waals surface area contributed by atoms with Gasteiger partial charge in [0.25, 0.3) is 0 Å². The van der Waals surface area contributed by atoms with Crippen LogP contribution in [-0.4, -0.2) is 29.9 Å². The van der Waals surface area contributed by atoms with Crippen molar-refractivity contribution in [1.82, 2.24) is 10.2 Å². The van der Waals surface area contributed by atoms with Crippen molar-refractivity contribution in [3.05, 3.63) is 35.4 Å². The fraction of sp³-hybridized carbons (Fsp3) is 0.667. The van der Waals surface area contributed by atoms with Crippen molar-refractivity contribution in [2.75, 3.05) is 13.1 Å². The third-order valence-electron chi connectivity index (χ3n) is 5.65. The van der Waals surface area contributed by atoms with Crippen molar-refractivity contribution in [1.29, 1.82) is 0 Å². The van der Waals surface area contributed by atoms with Crippen LogP contribution in [0.1, 0.15) is 69.0 Å². The zero-order valence-corrected chi connectivity index (χ0v) is 15.3. The number of nitrogens with one attached hydrogen (secondary N) is 1. The number of amides is 1. The molecule has 2 fully saturated rings. The van der Waals surface area contributed by atoms with Crippen LogP contribution in [0.3, 0.4) is 0 Å². The second-order valence-electron chi connectivity index (χ2n) is 7.90. The fourth-order valence-electron chi connectivity index (χ4n) is 4.26. The first-order valence-corrected chi connectivity index (χ1v) is 9.74. The summed E-state index contributed by atoms with van der Waals surface area (Å²) in [5.41, 5.74) is 2.39. The lowest BCUT2D eigenvalue weighted by Crippen LogP contribution is -2.47. The van der Waals surface area contributed by atoms with Gasteiger partial charge in [0.1, 0.15) is 6.04 Å². The molecule has 1 saturated heterocycles. The number of carbonyl (C=O) groups is 1. The van der Waals surface area contributed by atoms with Gasteiger partial charge in [0.15, 0.2) is 0 Å². The van der Waals surface area contributed by atoms with Gasteiger partial charge in [0.2, 0.25) is 5.91 Å². The number of piperidine rings is 1. The molecule has 2 atom stereocenters. The fourth-order valence-corrected chi connectivity index (χ4v) is 4.26. The third kappa shape index (κ3) is 4.38. The predicted molar refractivity (Wildman–Crippen MR) is 98.9 cm³/mol. The average Bonchev–Trinajstić information content (AvgIpc) is 2.58. The van der Waals surface area contributed by atoms with E-state index in [1.807, 2.05) is 0 Å². The van der Waals surface area contributed by atoms with E-state index in [9.17, 15) is 4.79 Å². The minimum absolute atomic E-state index is 0.129. The van der Waals surface area contributed by atoms with Crippen LogP contribution in [0.2, 0.25) is 0 Å². The Labute approximate surface area is 146 Å². The third-order valence-corrected chi connectivity index (χ3v) is 5.65.